The number of rotatable bonds is 6. The van der Waals surface area contributed by atoms with Crippen LogP contribution in [-0.4, -0.2) is 40.3 Å². The van der Waals surface area contributed by atoms with Crippen LogP contribution < -0.4 is 0 Å². The van der Waals surface area contributed by atoms with E-state index >= 15 is 0 Å². The van der Waals surface area contributed by atoms with E-state index in [2.05, 4.69) is 4.98 Å². The quantitative estimate of drug-likeness (QED) is 0.599. The summed E-state index contributed by atoms with van der Waals surface area (Å²) in [5.74, 6) is -0.890. The predicted molar refractivity (Wildman–Crippen MR) is 103 cm³/mol. The van der Waals surface area contributed by atoms with Gasteiger partial charge in [-0.1, -0.05) is 36.4 Å². The highest BCUT2D eigenvalue weighted by Gasteiger charge is 2.39. The average Bonchev–Trinajstić information content (AvgIpc) is 3.43. The van der Waals surface area contributed by atoms with Gasteiger partial charge in [-0.2, -0.15) is 0 Å². The van der Waals surface area contributed by atoms with Crippen molar-refractivity contribution in [3.05, 3.63) is 90.5 Å². The van der Waals surface area contributed by atoms with E-state index < -0.39 is 24.1 Å². The summed E-state index contributed by atoms with van der Waals surface area (Å²) in [5, 5.41) is 0. The van der Waals surface area contributed by atoms with Crippen molar-refractivity contribution in [2.24, 2.45) is 0 Å². The molecule has 4 rings (SSSR count). The van der Waals surface area contributed by atoms with Gasteiger partial charge in [-0.15, -0.1) is 0 Å². The number of esters is 2. The van der Waals surface area contributed by atoms with Crippen molar-refractivity contribution in [3.63, 3.8) is 0 Å². The van der Waals surface area contributed by atoms with E-state index in [0.29, 0.717) is 17.5 Å². The molecule has 0 radical (unpaired) electrons. The van der Waals surface area contributed by atoms with Crippen LogP contribution in [0.2, 0.25) is 0 Å². The lowest BCUT2D eigenvalue weighted by Gasteiger charge is -2.19. The standard InChI is InChI=1S/C22H20N2O5/c25-21(16-7-3-1-4-8-16)27-14-19-18(13-20(28-19)24-12-11-23-15-24)29-22(26)17-9-5-2-6-10-17/h1-12,15,18-20H,13-14H2/t18-,19+,20+/m0/s1. The van der Waals surface area contributed by atoms with Crippen LogP contribution in [0.15, 0.2) is 79.4 Å². The molecule has 148 valence electrons. The summed E-state index contributed by atoms with van der Waals surface area (Å²) in [6, 6.07) is 17.5. The van der Waals surface area contributed by atoms with Crippen LogP contribution in [0.4, 0.5) is 0 Å². The smallest absolute Gasteiger partial charge is 0.338 e. The molecule has 1 saturated heterocycles. The fraction of sp³-hybridized carbons (Fsp3) is 0.227. The molecule has 0 spiro atoms. The van der Waals surface area contributed by atoms with Crippen LogP contribution in [0.5, 0.6) is 0 Å². The molecule has 0 amide bonds. The first-order valence-corrected chi connectivity index (χ1v) is 9.32. The molecular weight excluding hydrogens is 372 g/mol. The van der Waals surface area contributed by atoms with E-state index in [9.17, 15) is 9.59 Å². The Morgan fingerprint density at radius 1 is 1.00 bits per heavy atom. The number of aromatic nitrogens is 2. The first-order chi connectivity index (χ1) is 14.2. The van der Waals surface area contributed by atoms with Gasteiger partial charge in [0.2, 0.25) is 0 Å². The van der Waals surface area contributed by atoms with Crippen LogP contribution in [0.3, 0.4) is 0 Å². The van der Waals surface area contributed by atoms with E-state index in [1.165, 1.54) is 0 Å². The average molecular weight is 392 g/mol. The zero-order valence-corrected chi connectivity index (χ0v) is 15.6. The number of benzene rings is 2. The summed E-state index contributed by atoms with van der Waals surface area (Å²) < 4.78 is 18.9. The van der Waals surface area contributed by atoms with Crippen LogP contribution in [-0.2, 0) is 14.2 Å². The van der Waals surface area contributed by atoms with Gasteiger partial charge in [0.25, 0.3) is 0 Å². The van der Waals surface area contributed by atoms with Crippen molar-refractivity contribution in [2.75, 3.05) is 6.61 Å². The molecule has 0 aliphatic carbocycles. The second-order valence-electron chi connectivity index (χ2n) is 6.65. The highest BCUT2D eigenvalue weighted by molar-refractivity contribution is 5.90. The molecule has 0 bridgehead atoms. The molecule has 0 N–H and O–H groups in total. The highest BCUT2D eigenvalue weighted by atomic mass is 16.6. The van der Waals surface area contributed by atoms with E-state index in [-0.39, 0.29) is 12.8 Å². The fourth-order valence-electron chi connectivity index (χ4n) is 3.19. The third-order valence-electron chi connectivity index (χ3n) is 4.69. The van der Waals surface area contributed by atoms with E-state index in [1.807, 2.05) is 12.1 Å². The molecule has 29 heavy (non-hydrogen) atoms. The molecule has 1 fully saturated rings. The Kier molecular flexibility index (Phi) is 5.67. The number of ether oxygens (including phenoxy) is 3. The third kappa shape index (κ3) is 4.52. The third-order valence-corrected chi connectivity index (χ3v) is 4.69. The van der Waals surface area contributed by atoms with Gasteiger partial charge < -0.3 is 18.8 Å². The number of hydrogen-bond donors (Lipinski definition) is 0. The lowest BCUT2D eigenvalue weighted by Crippen LogP contribution is -2.32. The molecular formula is C22H20N2O5. The lowest BCUT2D eigenvalue weighted by atomic mass is 10.1. The van der Waals surface area contributed by atoms with Gasteiger partial charge in [0.05, 0.1) is 17.5 Å². The van der Waals surface area contributed by atoms with Crippen LogP contribution >= 0.6 is 0 Å². The Hall–Kier alpha value is -3.45. The monoisotopic (exact) mass is 392 g/mol. The number of nitrogens with zero attached hydrogens (tertiary/aromatic N) is 2. The van der Waals surface area contributed by atoms with Crippen molar-refractivity contribution in [3.8, 4) is 0 Å². The second-order valence-corrected chi connectivity index (χ2v) is 6.65. The molecule has 3 aromatic rings. The van der Waals surface area contributed by atoms with Crippen LogP contribution in [0.25, 0.3) is 0 Å². The number of carbonyl (C=O) groups excluding carboxylic acids is 2. The maximum Gasteiger partial charge on any atom is 0.338 e. The SMILES string of the molecule is O=C(OC[C@H]1O[C@@H](n2ccnc2)C[C@@H]1OC(=O)c1ccccc1)c1ccccc1. The Bertz CT molecular complexity index is 944. The number of hydrogen-bond acceptors (Lipinski definition) is 6. The van der Waals surface area contributed by atoms with Gasteiger partial charge in [-0.05, 0) is 24.3 Å². The fourth-order valence-corrected chi connectivity index (χ4v) is 3.19. The van der Waals surface area contributed by atoms with Gasteiger partial charge in [0.15, 0.2) is 0 Å². The van der Waals surface area contributed by atoms with E-state index in [0.717, 1.165) is 0 Å². The first kappa shape index (κ1) is 18.9. The second kappa shape index (κ2) is 8.70. The molecule has 7 nitrogen and oxygen atoms in total. The highest BCUT2D eigenvalue weighted by Crippen LogP contribution is 2.31. The number of imidazole rings is 1. The molecule has 0 unspecified atom stereocenters. The first-order valence-electron chi connectivity index (χ1n) is 9.32. The van der Waals surface area contributed by atoms with Gasteiger partial charge in [0.1, 0.15) is 25.0 Å². The molecule has 0 saturated carbocycles. The Morgan fingerprint density at radius 3 is 2.28 bits per heavy atom. The van der Waals surface area contributed by atoms with Crippen molar-refractivity contribution >= 4 is 11.9 Å². The zero-order chi connectivity index (χ0) is 20.1. The normalized spacial score (nSPS) is 20.9. The van der Waals surface area contributed by atoms with Gasteiger partial charge in [0, 0.05) is 18.8 Å². The van der Waals surface area contributed by atoms with Gasteiger partial charge in [-0.25, -0.2) is 14.6 Å². The van der Waals surface area contributed by atoms with Gasteiger partial charge in [-0.3, -0.25) is 0 Å². The van der Waals surface area contributed by atoms with Crippen molar-refractivity contribution in [1.82, 2.24) is 9.55 Å². The van der Waals surface area contributed by atoms with E-state index in [4.69, 9.17) is 14.2 Å². The minimum Gasteiger partial charge on any atom is -0.459 e. The summed E-state index contributed by atoms with van der Waals surface area (Å²) in [4.78, 5) is 28.8. The zero-order valence-electron chi connectivity index (χ0n) is 15.6. The van der Waals surface area contributed by atoms with Crippen molar-refractivity contribution in [2.45, 2.75) is 24.9 Å². The summed E-state index contributed by atoms with van der Waals surface area (Å²) in [7, 11) is 0. The van der Waals surface area contributed by atoms with Crippen LogP contribution in [0.1, 0.15) is 33.4 Å². The van der Waals surface area contributed by atoms with Crippen molar-refractivity contribution in [1.29, 1.82) is 0 Å². The molecule has 2 heterocycles. The maximum atomic E-state index is 12.5. The Morgan fingerprint density at radius 2 is 1.66 bits per heavy atom. The summed E-state index contributed by atoms with van der Waals surface area (Å²) in [5.41, 5.74) is 0.910. The van der Waals surface area contributed by atoms with E-state index in [1.54, 1.807) is 71.8 Å². The minimum atomic E-state index is -0.581. The van der Waals surface area contributed by atoms with Gasteiger partial charge >= 0.3 is 11.9 Å². The Labute approximate surface area is 167 Å². The molecule has 3 atom stereocenters. The molecule has 7 heteroatoms. The molecule has 1 aromatic heterocycles. The molecule has 2 aromatic carbocycles. The number of carbonyl (C=O) groups is 2. The maximum absolute atomic E-state index is 12.5. The van der Waals surface area contributed by atoms with Crippen LogP contribution in [0, 0.1) is 0 Å². The topological polar surface area (TPSA) is 79.7 Å². The summed E-state index contributed by atoms with van der Waals surface area (Å²) in [6.45, 7) is -0.0222. The molecule has 1 aliphatic rings. The minimum absolute atomic E-state index is 0.0222. The summed E-state index contributed by atoms with van der Waals surface area (Å²) in [6.07, 6.45) is 4.01. The lowest BCUT2D eigenvalue weighted by molar-refractivity contribution is -0.0571. The largest absolute Gasteiger partial charge is 0.459 e. The molecule has 1 aliphatic heterocycles. The summed E-state index contributed by atoms with van der Waals surface area (Å²) >= 11 is 0. The Balaban J connectivity index is 1.44. The predicted octanol–water partition coefficient (Wildman–Crippen LogP) is 3.25. The van der Waals surface area contributed by atoms with Crippen molar-refractivity contribution < 1.29 is 23.8 Å².